The van der Waals surface area contributed by atoms with Crippen LogP contribution in [0.5, 0.6) is 5.75 Å². The summed E-state index contributed by atoms with van der Waals surface area (Å²) < 4.78 is 6.29. The zero-order chi connectivity index (χ0) is 13.3. The Bertz CT molecular complexity index is 460. The molecule has 104 valence electrons. The van der Waals surface area contributed by atoms with Crippen LogP contribution in [0.4, 0.5) is 5.69 Å². The highest BCUT2D eigenvalue weighted by molar-refractivity contribution is 5.55. The van der Waals surface area contributed by atoms with Crippen LogP contribution in [-0.2, 0) is 6.42 Å². The Morgan fingerprint density at radius 3 is 3.11 bits per heavy atom. The third kappa shape index (κ3) is 2.71. The first kappa shape index (κ1) is 12.8. The second-order valence-corrected chi connectivity index (χ2v) is 6.02. The van der Waals surface area contributed by atoms with Crippen LogP contribution in [0, 0.1) is 0 Å². The van der Waals surface area contributed by atoms with E-state index in [1.165, 1.54) is 17.7 Å². The van der Waals surface area contributed by atoms with E-state index in [0.717, 1.165) is 44.8 Å². The lowest BCUT2D eigenvalue weighted by Gasteiger charge is -2.27. The second kappa shape index (κ2) is 5.04. The normalized spacial score (nSPS) is 26.8. The number of nitrogens with one attached hydrogen (secondary N) is 1. The van der Waals surface area contributed by atoms with Crippen molar-refractivity contribution in [3.05, 3.63) is 23.8 Å². The van der Waals surface area contributed by atoms with Crippen LogP contribution in [0.1, 0.15) is 32.3 Å². The van der Waals surface area contributed by atoms with E-state index < -0.39 is 0 Å². The maximum atomic E-state index is 6.29. The van der Waals surface area contributed by atoms with Gasteiger partial charge in [0, 0.05) is 31.7 Å². The molecule has 0 radical (unpaired) electrons. The lowest BCUT2D eigenvalue weighted by Crippen LogP contribution is -2.36. The van der Waals surface area contributed by atoms with Crippen LogP contribution in [0.25, 0.3) is 0 Å². The van der Waals surface area contributed by atoms with Gasteiger partial charge in [0.25, 0.3) is 0 Å². The summed E-state index contributed by atoms with van der Waals surface area (Å²) in [6, 6.07) is 6.50. The van der Waals surface area contributed by atoms with Crippen molar-refractivity contribution in [2.24, 2.45) is 0 Å². The fourth-order valence-electron chi connectivity index (χ4n) is 3.18. The summed E-state index contributed by atoms with van der Waals surface area (Å²) in [5.74, 6) is 1.03. The van der Waals surface area contributed by atoms with E-state index in [1.54, 1.807) is 0 Å². The second-order valence-electron chi connectivity index (χ2n) is 6.02. The molecule has 1 atom stereocenters. The van der Waals surface area contributed by atoms with Crippen molar-refractivity contribution in [3.63, 3.8) is 0 Å². The Balaban J connectivity index is 1.73. The summed E-state index contributed by atoms with van der Waals surface area (Å²) in [4.78, 5) is 2.46. The molecule has 0 spiro atoms. The minimum absolute atomic E-state index is 0.0215. The Kier molecular flexibility index (Phi) is 3.40. The molecule has 0 aliphatic carbocycles. The van der Waals surface area contributed by atoms with Crippen LogP contribution < -0.4 is 10.1 Å². The molecule has 0 saturated carbocycles. The monoisotopic (exact) mass is 260 g/mol. The lowest BCUT2D eigenvalue weighted by atomic mass is 10.0. The van der Waals surface area contributed by atoms with Crippen LogP contribution in [0.2, 0.25) is 0 Å². The zero-order valence-electron chi connectivity index (χ0n) is 12.0. The largest absolute Gasteiger partial charge is 0.486 e. The fourth-order valence-corrected chi connectivity index (χ4v) is 3.18. The number of nitrogens with zero attached hydrogens (tertiary/aromatic N) is 1. The Labute approximate surface area is 115 Å². The first-order chi connectivity index (χ1) is 9.18. The predicted octanol–water partition coefficient (Wildman–Crippen LogP) is 2.91. The van der Waals surface area contributed by atoms with Crippen LogP contribution >= 0.6 is 0 Å². The van der Waals surface area contributed by atoms with E-state index in [-0.39, 0.29) is 5.60 Å². The van der Waals surface area contributed by atoms with E-state index in [4.69, 9.17) is 4.74 Å². The molecule has 1 unspecified atom stereocenters. The highest BCUT2D eigenvalue weighted by Crippen LogP contribution is 2.31. The third-order valence-electron chi connectivity index (χ3n) is 4.34. The zero-order valence-corrected chi connectivity index (χ0v) is 12.0. The van der Waals surface area contributed by atoms with Crippen LogP contribution in [0.3, 0.4) is 0 Å². The molecule has 0 bridgehead atoms. The van der Waals surface area contributed by atoms with Gasteiger partial charge < -0.3 is 10.1 Å². The third-order valence-corrected chi connectivity index (χ3v) is 4.34. The average molecular weight is 260 g/mol. The molecule has 1 fully saturated rings. The van der Waals surface area contributed by atoms with Gasteiger partial charge in [0.15, 0.2) is 0 Å². The molecule has 19 heavy (non-hydrogen) atoms. The molecule has 1 aromatic carbocycles. The van der Waals surface area contributed by atoms with Gasteiger partial charge in [-0.2, -0.15) is 0 Å². The van der Waals surface area contributed by atoms with Crippen molar-refractivity contribution >= 4 is 5.69 Å². The van der Waals surface area contributed by atoms with Gasteiger partial charge in [0.05, 0.1) is 0 Å². The van der Waals surface area contributed by atoms with Gasteiger partial charge in [0.1, 0.15) is 11.4 Å². The number of aryl methyl sites for hydroxylation is 1. The summed E-state index contributed by atoms with van der Waals surface area (Å²) in [6.07, 6.45) is 3.50. The molecule has 2 aliphatic heterocycles. The Hall–Kier alpha value is -1.22. The number of hydrogen-bond acceptors (Lipinski definition) is 3. The van der Waals surface area contributed by atoms with E-state index in [2.05, 4.69) is 42.3 Å². The Morgan fingerprint density at radius 2 is 2.32 bits per heavy atom. The molecule has 3 nitrogen and oxygen atoms in total. The van der Waals surface area contributed by atoms with E-state index in [1.807, 2.05) is 0 Å². The molecule has 2 aliphatic rings. The summed E-state index contributed by atoms with van der Waals surface area (Å²) in [7, 11) is 0. The minimum atomic E-state index is -0.0215. The Morgan fingerprint density at radius 1 is 1.42 bits per heavy atom. The van der Waals surface area contributed by atoms with Crippen molar-refractivity contribution in [3.8, 4) is 5.75 Å². The van der Waals surface area contributed by atoms with Gasteiger partial charge in [-0.3, -0.25) is 4.90 Å². The van der Waals surface area contributed by atoms with Gasteiger partial charge in [-0.25, -0.2) is 0 Å². The quantitative estimate of drug-likeness (QED) is 0.904. The standard InChI is InChI=1S/C16H24N2O/c1-3-18-10-8-16(2,12-18)19-14-6-7-15-13(11-14)5-4-9-17-15/h6-7,11,17H,3-5,8-10,12H2,1-2H3. The SMILES string of the molecule is CCN1CCC(C)(Oc2ccc3c(c2)CCCN3)C1. The summed E-state index contributed by atoms with van der Waals surface area (Å²) in [5, 5.41) is 3.45. The van der Waals surface area contributed by atoms with Crippen LogP contribution in [-0.4, -0.2) is 36.7 Å². The highest BCUT2D eigenvalue weighted by Gasteiger charge is 2.35. The summed E-state index contributed by atoms with van der Waals surface area (Å²) >= 11 is 0. The molecular formula is C16H24N2O. The molecule has 0 amide bonds. The van der Waals surface area contributed by atoms with Gasteiger partial charge in [-0.15, -0.1) is 0 Å². The molecule has 1 aromatic rings. The first-order valence-electron chi connectivity index (χ1n) is 7.47. The number of rotatable bonds is 3. The van der Waals surface area contributed by atoms with E-state index in [0.29, 0.717) is 0 Å². The summed E-state index contributed by atoms with van der Waals surface area (Å²) in [5.41, 5.74) is 2.66. The lowest BCUT2D eigenvalue weighted by molar-refractivity contribution is 0.0969. The average Bonchev–Trinajstić information content (AvgIpc) is 2.80. The highest BCUT2D eigenvalue weighted by atomic mass is 16.5. The number of benzene rings is 1. The maximum absolute atomic E-state index is 6.29. The van der Waals surface area contributed by atoms with Gasteiger partial charge in [0.2, 0.25) is 0 Å². The van der Waals surface area contributed by atoms with Crippen molar-refractivity contribution < 1.29 is 4.74 Å². The van der Waals surface area contributed by atoms with E-state index in [9.17, 15) is 0 Å². The number of ether oxygens (including phenoxy) is 1. The van der Waals surface area contributed by atoms with Crippen molar-refractivity contribution in [1.82, 2.24) is 4.90 Å². The molecule has 3 rings (SSSR count). The van der Waals surface area contributed by atoms with Gasteiger partial charge in [-0.1, -0.05) is 6.92 Å². The molecule has 2 heterocycles. The molecule has 3 heteroatoms. The number of fused-ring (bicyclic) bond motifs is 1. The number of hydrogen-bond donors (Lipinski definition) is 1. The predicted molar refractivity (Wildman–Crippen MR) is 79.0 cm³/mol. The molecule has 1 N–H and O–H groups in total. The van der Waals surface area contributed by atoms with Crippen molar-refractivity contribution in [2.45, 2.75) is 38.7 Å². The number of likely N-dealkylation sites (N-methyl/N-ethyl adjacent to an activating group) is 1. The smallest absolute Gasteiger partial charge is 0.120 e. The van der Waals surface area contributed by atoms with Gasteiger partial charge >= 0.3 is 0 Å². The molecule has 1 saturated heterocycles. The van der Waals surface area contributed by atoms with E-state index >= 15 is 0 Å². The minimum Gasteiger partial charge on any atom is -0.486 e. The fraction of sp³-hybridized carbons (Fsp3) is 0.625. The molecule has 0 aromatic heterocycles. The van der Waals surface area contributed by atoms with Crippen molar-refractivity contribution in [1.29, 1.82) is 0 Å². The summed E-state index contributed by atoms with van der Waals surface area (Å²) in [6.45, 7) is 8.86. The topological polar surface area (TPSA) is 24.5 Å². The van der Waals surface area contributed by atoms with Gasteiger partial charge in [-0.05, 0) is 50.1 Å². The number of anilines is 1. The first-order valence-corrected chi connectivity index (χ1v) is 7.47. The maximum Gasteiger partial charge on any atom is 0.120 e. The molecular weight excluding hydrogens is 236 g/mol. The van der Waals surface area contributed by atoms with Crippen molar-refractivity contribution in [2.75, 3.05) is 31.5 Å². The van der Waals surface area contributed by atoms with Crippen LogP contribution in [0.15, 0.2) is 18.2 Å². The number of likely N-dealkylation sites (tertiary alicyclic amines) is 1.